The van der Waals surface area contributed by atoms with E-state index < -0.39 is 0 Å². The van der Waals surface area contributed by atoms with Crippen molar-refractivity contribution < 1.29 is 0 Å². The van der Waals surface area contributed by atoms with E-state index in [-0.39, 0.29) is 0 Å². The standard InChI is InChI=1S/C6H16N4S/c1-9(2)4-5-10(3)6(11)8-7/h4-5,7H2,1-3H3,(H,8,11). The average molecular weight is 176 g/mol. The van der Waals surface area contributed by atoms with Crippen LogP contribution in [-0.2, 0) is 0 Å². The molecule has 0 spiro atoms. The zero-order valence-electron chi connectivity index (χ0n) is 7.29. The molecule has 0 atom stereocenters. The molecule has 4 nitrogen and oxygen atoms in total. The van der Waals surface area contributed by atoms with Crippen LogP contribution < -0.4 is 11.3 Å². The van der Waals surface area contributed by atoms with Gasteiger partial charge in [-0.2, -0.15) is 0 Å². The number of hydrazine groups is 1. The second-order valence-corrected chi connectivity index (χ2v) is 3.06. The predicted molar refractivity (Wildman–Crippen MR) is 51.1 cm³/mol. The summed E-state index contributed by atoms with van der Waals surface area (Å²) in [7, 11) is 5.95. The first-order valence-corrected chi connectivity index (χ1v) is 3.85. The van der Waals surface area contributed by atoms with Crippen LogP contribution in [-0.4, -0.2) is 49.1 Å². The molecule has 0 aromatic heterocycles. The number of hydrogen-bond acceptors (Lipinski definition) is 3. The number of nitrogens with zero attached hydrogens (tertiary/aromatic N) is 2. The number of likely N-dealkylation sites (N-methyl/N-ethyl adjacent to an activating group) is 2. The smallest absolute Gasteiger partial charge is 0.183 e. The molecule has 0 heterocycles. The van der Waals surface area contributed by atoms with Crippen molar-refractivity contribution in [1.29, 1.82) is 0 Å². The molecule has 0 saturated heterocycles. The first-order valence-electron chi connectivity index (χ1n) is 3.44. The summed E-state index contributed by atoms with van der Waals surface area (Å²) in [5.41, 5.74) is 2.43. The summed E-state index contributed by atoms with van der Waals surface area (Å²) in [6, 6.07) is 0. The number of hydrogen-bond donors (Lipinski definition) is 2. The largest absolute Gasteiger partial charge is 0.350 e. The van der Waals surface area contributed by atoms with Gasteiger partial charge in [-0.05, 0) is 26.3 Å². The monoisotopic (exact) mass is 176 g/mol. The lowest BCUT2D eigenvalue weighted by molar-refractivity contribution is 0.355. The summed E-state index contributed by atoms with van der Waals surface area (Å²) in [5, 5.41) is 0.576. The highest BCUT2D eigenvalue weighted by atomic mass is 32.1. The van der Waals surface area contributed by atoms with Crippen LogP contribution in [0.3, 0.4) is 0 Å². The maximum absolute atomic E-state index is 5.13. The van der Waals surface area contributed by atoms with Crippen LogP contribution in [0.25, 0.3) is 0 Å². The Kier molecular flexibility index (Phi) is 5.10. The van der Waals surface area contributed by atoms with E-state index in [9.17, 15) is 0 Å². The summed E-state index contributed by atoms with van der Waals surface area (Å²) in [6.45, 7) is 1.86. The molecule has 0 fully saturated rings. The first-order chi connectivity index (χ1) is 5.07. The van der Waals surface area contributed by atoms with Crippen LogP contribution in [0.4, 0.5) is 0 Å². The first kappa shape index (κ1) is 10.6. The third-order valence-corrected chi connectivity index (χ3v) is 1.78. The van der Waals surface area contributed by atoms with Gasteiger partial charge in [0.2, 0.25) is 0 Å². The highest BCUT2D eigenvalue weighted by Gasteiger charge is 2.00. The van der Waals surface area contributed by atoms with Crippen LogP contribution in [0.2, 0.25) is 0 Å². The van der Waals surface area contributed by atoms with Crippen LogP contribution in [0.15, 0.2) is 0 Å². The van der Waals surface area contributed by atoms with E-state index in [4.69, 9.17) is 18.1 Å². The van der Waals surface area contributed by atoms with Crippen molar-refractivity contribution in [3.8, 4) is 0 Å². The molecule has 0 aromatic carbocycles. The number of nitrogens with two attached hydrogens (primary N) is 1. The lowest BCUT2D eigenvalue weighted by Crippen LogP contribution is -2.43. The van der Waals surface area contributed by atoms with Crippen molar-refractivity contribution in [2.75, 3.05) is 34.2 Å². The summed E-state index contributed by atoms with van der Waals surface area (Å²) in [6.07, 6.45) is 0. The highest BCUT2D eigenvalue weighted by Crippen LogP contribution is 1.84. The van der Waals surface area contributed by atoms with E-state index in [1.165, 1.54) is 0 Å². The van der Waals surface area contributed by atoms with E-state index in [0.717, 1.165) is 13.1 Å². The molecule has 0 saturated carbocycles. The number of rotatable bonds is 3. The Bertz CT molecular complexity index is 126. The Morgan fingerprint density at radius 1 is 1.36 bits per heavy atom. The summed E-state index contributed by atoms with van der Waals surface area (Å²) >= 11 is 4.90. The van der Waals surface area contributed by atoms with E-state index >= 15 is 0 Å². The zero-order chi connectivity index (χ0) is 8.85. The maximum Gasteiger partial charge on any atom is 0.183 e. The van der Waals surface area contributed by atoms with Gasteiger partial charge in [0.1, 0.15) is 0 Å². The Balaban J connectivity index is 3.52. The van der Waals surface area contributed by atoms with Crippen LogP contribution >= 0.6 is 12.2 Å². The van der Waals surface area contributed by atoms with Crippen LogP contribution in [0, 0.1) is 0 Å². The Morgan fingerprint density at radius 3 is 2.27 bits per heavy atom. The predicted octanol–water partition coefficient (Wildman–Crippen LogP) is -0.772. The van der Waals surface area contributed by atoms with E-state index in [1.807, 2.05) is 26.0 Å². The van der Waals surface area contributed by atoms with E-state index in [1.54, 1.807) is 0 Å². The molecule has 5 heteroatoms. The van der Waals surface area contributed by atoms with Crippen molar-refractivity contribution in [3.63, 3.8) is 0 Å². The third-order valence-electron chi connectivity index (χ3n) is 1.35. The molecule has 0 radical (unpaired) electrons. The normalized spacial score (nSPS) is 9.91. The Hall–Kier alpha value is -0.390. The van der Waals surface area contributed by atoms with Gasteiger partial charge < -0.3 is 15.2 Å². The summed E-state index contributed by atoms with van der Waals surface area (Å²) in [5.74, 6) is 5.13. The molecule has 0 bridgehead atoms. The van der Waals surface area contributed by atoms with Crippen LogP contribution in [0.5, 0.6) is 0 Å². The minimum absolute atomic E-state index is 0.576. The van der Waals surface area contributed by atoms with E-state index in [2.05, 4.69) is 10.3 Å². The second-order valence-electron chi connectivity index (χ2n) is 2.67. The fourth-order valence-electron chi connectivity index (χ4n) is 0.562. The number of thiocarbonyl (C=S) groups is 1. The maximum atomic E-state index is 5.13. The molecule has 0 unspecified atom stereocenters. The van der Waals surface area contributed by atoms with Gasteiger partial charge in [0.15, 0.2) is 5.11 Å². The van der Waals surface area contributed by atoms with Gasteiger partial charge in [-0.15, -0.1) is 0 Å². The van der Waals surface area contributed by atoms with E-state index in [0.29, 0.717) is 5.11 Å². The highest BCUT2D eigenvalue weighted by molar-refractivity contribution is 7.80. The Morgan fingerprint density at radius 2 is 1.91 bits per heavy atom. The van der Waals surface area contributed by atoms with Crippen LogP contribution in [0.1, 0.15) is 0 Å². The van der Waals surface area contributed by atoms with Gasteiger partial charge in [0.25, 0.3) is 0 Å². The molecule has 0 aromatic rings. The molecule has 0 aliphatic carbocycles. The fraction of sp³-hybridized carbons (Fsp3) is 0.833. The van der Waals surface area contributed by atoms with Crippen molar-refractivity contribution >= 4 is 17.3 Å². The fourth-order valence-corrected chi connectivity index (χ4v) is 0.653. The lowest BCUT2D eigenvalue weighted by atomic mass is 10.5. The summed E-state index contributed by atoms with van der Waals surface area (Å²) < 4.78 is 0. The van der Waals surface area contributed by atoms with Crippen molar-refractivity contribution in [2.45, 2.75) is 0 Å². The van der Waals surface area contributed by atoms with Crippen molar-refractivity contribution in [2.24, 2.45) is 5.84 Å². The summed E-state index contributed by atoms with van der Waals surface area (Å²) in [4.78, 5) is 3.99. The van der Waals surface area contributed by atoms with Crippen molar-refractivity contribution in [1.82, 2.24) is 15.2 Å². The lowest BCUT2D eigenvalue weighted by Gasteiger charge is -2.20. The van der Waals surface area contributed by atoms with Gasteiger partial charge in [0.05, 0.1) is 0 Å². The minimum Gasteiger partial charge on any atom is -0.350 e. The molecular formula is C6H16N4S. The van der Waals surface area contributed by atoms with Crippen molar-refractivity contribution in [3.05, 3.63) is 0 Å². The second kappa shape index (κ2) is 5.29. The molecule has 0 amide bonds. The van der Waals surface area contributed by atoms with Gasteiger partial charge >= 0.3 is 0 Å². The number of nitrogens with one attached hydrogen (secondary N) is 1. The molecule has 3 N–H and O–H groups in total. The molecule has 11 heavy (non-hydrogen) atoms. The van der Waals surface area contributed by atoms with Gasteiger partial charge in [-0.25, -0.2) is 5.84 Å². The Labute approximate surface area is 73.3 Å². The third kappa shape index (κ3) is 4.94. The molecule has 0 aliphatic rings. The average Bonchev–Trinajstić information content (AvgIpc) is 1.98. The molecule has 0 rings (SSSR count). The zero-order valence-corrected chi connectivity index (χ0v) is 8.11. The molecule has 0 aliphatic heterocycles. The molecule has 66 valence electrons. The van der Waals surface area contributed by atoms with Gasteiger partial charge in [-0.3, -0.25) is 0 Å². The SMILES string of the molecule is CN(C)CCN(C)C(=S)NN. The molecular weight excluding hydrogens is 160 g/mol. The van der Waals surface area contributed by atoms with Gasteiger partial charge in [0, 0.05) is 20.1 Å². The topological polar surface area (TPSA) is 44.5 Å². The van der Waals surface area contributed by atoms with Gasteiger partial charge in [-0.1, -0.05) is 0 Å². The quantitative estimate of drug-likeness (QED) is 0.336. The minimum atomic E-state index is 0.576.